The Hall–Kier alpha value is -3.19. The van der Waals surface area contributed by atoms with Crippen LogP contribution in [0, 0.1) is 12.7 Å². The van der Waals surface area contributed by atoms with Crippen molar-refractivity contribution in [1.29, 1.82) is 0 Å². The first-order chi connectivity index (χ1) is 12.4. The number of rotatable bonds is 2. The molecule has 26 heavy (non-hydrogen) atoms. The zero-order valence-corrected chi connectivity index (χ0v) is 14.2. The summed E-state index contributed by atoms with van der Waals surface area (Å²) in [4.78, 5) is 25.7. The number of aliphatic hydroxyl groups is 1. The van der Waals surface area contributed by atoms with Gasteiger partial charge in [-0.1, -0.05) is 18.2 Å². The van der Waals surface area contributed by atoms with E-state index in [9.17, 15) is 19.1 Å². The molecule has 1 aromatic heterocycles. The summed E-state index contributed by atoms with van der Waals surface area (Å²) in [5, 5.41) is 13.8. The number of halogens is 1. The van der Waals surface area contributed by atoms with E-state index in [1.165, 1.54) is 16.8 Å². The molecule has 1 atom stereocenters. The molecule has 7 heteroatoms. The standard InChI is InChI=1S/C19H16FN3O3/c1-11-16(17(24)23(22(11)2)13-6-4-3-5-7-13)19(26)14-10-12(20)8-9-15(14)21-18(19)25/h3-10,26H,1-2H3,(H,21,25)/t19-/m1/s1. The molecule has 2 N–H and O–H groups in total. The van der Waals surface area contributed by atoms with Crippen LogP contribution < -0.4 is 10.9 Å². The Labute approximate surface area is 148 Å². The van der Waals surface area contributed by atoms with Gasteiger partial charge in [0.15, 0.2) is 0 Å². The normalized spacial score (nSPS) is 18.7. The molecule has 1 aliphatic rings. The van der Waals surface area contributed by atoms with Crippen LogP contribution in [-0.4, -0.2) is 20.4 Å². The summed E-state index contributed by atoms with van der Waals surface area (Å²) in [6.07, 6.45) is 0. The van der Waals surface area contributed by atoms with Crippen LogP contribution in [-0.2, 0) is 17.4 Å². The van der Waals surface area contributed by atoms with Crippen molar-refractivity contribution in [3.05, 3.63) is 81.5 Å². The first-order valence-electron chi connectivity index (χ1n) is 8.04. The molecule has 0 saturated heterocycles. The molecule has 0 spiro atoms. The highest BCUT2D eigenvalue weighted by Gasteiger charge is 2.51. The summed E-state index contributed by atoms with van der Waals surface area (Å²) >= 11 is 0. The van der Waals surface area contributed by atoms with Crippen molar-refractivity contribution in [2.75, 3.05) is 5.32 Å². The van der Waals surface area contributed by atoms with Gasteiger partial charge in [-0.3, -0.25) is 14.3 Å². The molecule has 2 heterocycles. The first kappa shape index (κ1) is 16.3. The summed E-state index contributed by atoms with van der Waals surface area (Å²) in [6.45, 7) is 1.64. The van der Waals surface area contributed by atoms with E-state index in [1.807, 2.05) is 6.07 Å². The minimum absolute atomic E-state index is 0.0357. The average Bonchev–Trinajstić information content (AvgIpc) is 3.00. The molecule has 1 amide bonds. The van der Waals surface area contributed by atoms with Crippen molar-refractivity contribution in [2.45, 2.75) is 12.5 Å². The van der Waals surface area contributed by atoms with Crippen LogP contribution in [0.4, 0.5) is 10.1 Å². The van der Waals surface area contributed by atoms with E-state index in [1.54, 1.807) is 42.9 Å². The number of para-hydroxylation sites is 1. The van der Waals surface area contributed by atoms with Gasteiger partial charge in [-0.05, 0) is 37.3 Å². The van der Waals surface area contributed by atoms with Gasteiger partial charge in [0.25, 0.3) is 11.5 Å². The number of carbonyl (C=O) groups excluding carboxylic acids is 1. The Kier molecular flexibility index (Phi) is 3.38. The third-order valence-electron chi connectivity index (χ3n) is 4.86. The second-order valence-electron chi connectivity index (χ2n) is 6.29. The average molecular weight is 353 g/mol. The Balaban J connectivity index is 2.03. The topological polar surface area (TPSA) is 76.3 Å². The molecule has 4 rings (SSSR count). The minimum atomic E-state index is -2.25. The number of amides is 1. The van der Waals surface area contributed by atoms with Crippen molar-refractivity contribution in [3.8, 4) is 5.69 Å². The summed E-state index contributed by atoms with van der Waals surface area (Å²) < 4.78 is 16.7. The fourth-order valence-electron chi connectivity index (χ4n) is 3.49. The highest BCUT2D eigenvalue weighted by molar-refractivity contribution is 6.07. The van der Waals surface area contributed by atoms with Crippen LogP contribution in [0.3, 0.4) is 0 Å². The van der Waals surface area contributed by atoms with Crippen LogP contribution in [0.1, 0.15) is 16.8 Å². The van der Waals surface area contributed by atoms with Crippen molar-refractivity contribution < 1.29 is 14.3 Å². The molecular weight excluding hydrogens is 337 g/mol. The van der Waals surface area contributed by atoms with Gasteiger partial charge in [0.1, 0.15) is 5.82 Å². The monoisotopic (exact) mass is 353 g/mol. The molecule has 0 fully saturated rings. The van der Waals surface area contributed by atoms with Crippen molar-refractivity contribution in [1.82, 2.24) is 9.36 Å². The maximum absolute atomic E-state index is 13.8. The van der Waals surface area contributed by atoms with E-state index >= 15 is 0 Å². The lowest BCUT2D eigenvalue weighted by molar-refractivity contribution is -0.129. The Morgan fingerprint density at radius 2 is 1.81 bits per heavy atom. The Morgan fingerprint density at radius 1 is 1.12 bits per heavy atom. The lowest BCUT2D eigenvalue weighted by Crippen LogP contribution is -2.40. The van der Waals surface area contributed by atoms with Gasteiger partial charge in [-0.25, -0.2) is 9.07 Å². The Bertz CT molecular complexity index is 1100. The van der Waals surface area contributed by atoms with E-state index in [-0.39, 0.29) is 16.8 Å². The third kappa shape index (κ3) is 2.01. The van der Waals surface area contributed by atoms with Gasteiger partial charge in [0.2, 0.25) is 5.60 Å². The van der Waals surface area contributed by atoms with Crippen LogP contribution in [0.25, 0.3) is 5.69 Å². The molecule has 0 radical (unpaired) electrons. The number of fused-ring (bicyclic) bond motifs is 1. The van der Waals surface area contributed by atoms with Crippen LogP contribution in [0.15, 0.2) is 53.3 Å². The molecule has 0 bridgehead atoms. The maximum atomic E-state index is 13.8. The molecule has 1 aliphatic heterocycles. The zero-order chi connectivity index (χ0) is 18.6. The highest BCUT2D eigenvalue weighted by Crippen LogP contribution is 2.41. The second kappa shape index (κ2) is 5.40. The predicted molar refractivity (Wildman–Crippen MR) is 93.8 cm³/mol. The van der Waals surface area contributed by atoms with Crippen LogP contribution in [0.2, 0.25) is 0 Å². The fourth-order valence-corrected chi connectivity index (χ4v) is 3.49. The molecule has 0 aliphatic carbocycles. The van der Waals surface area contributed by atoms with Crippen molar-refractivity contribution in [2.24, 2.45) is 7.05 Å². The molecule has 6 nitrogen and oxygen atoms in total. The van der Waals surface area contributed by atoms with Gasteiger partial charge in [-0.2, -0.15) is 0 Å². The lowest BCUT2D eigenvalue weighted by Gasteiger charge is -2.19. The number of nitrogens with one attached hydrogen (secondary N) is 1. The minimum Gasteiger partial charge on any atom is -0.371 e. The molecule has 3 aromatic rings. The van der Waals surface area contributed by atoms with Gasteiger partial charge in [0.05, 0.1) is 11.3 Å². The quantitative estimate of drug-likeness (QED) is 0.738. The van der Waals surface area contributed by atoms with E-state index < -0.39 is 22.9 Å². The van der Waals surface area contributed by atoms with Gasteiger partial charge in [-0.15, -0.1) is 0 Å². The summed E-state index contributed by atoms with van der Waals surface area (Å²) in [5.41, 5.74) is -1.56. The van der Waals surface area contributed by atoms with E-state index in [2.05, 4.69) is 5.32 Å². The third-order valence-corrected chi connectivity index (χ3v) is 4.86. The second-order valence-corrected chi connectivity index (χ2v) is 6.29. The number of carbonyl (C=O) groups is 1. The molecule has 0 unspecified atom stereocenters. The van der Waals surface area contributed by atoms with Crippen molar-refractivity contribution in [3.63, 3.8) is 0 Å². The van der Waals surface area contributed by atoms with Gasteiger partial charge < -0.3 is 10.4 Å². The zero-order valence-electron chi connectivity index (χ0n) is 14.2. The predicted octanol–water partition coefficient (Wildman–Crippen LogP) is 1.81. The lowest BCUT2D eigenvalue weighted by atomic mass is 9.87. The van der Waals surface area contributed by atoms with E-state index in [0.717, 1.165) is 6.07 Å². The molecule has 2 aromatic carbocycles. The summed E-state index contributed by atoms with van der Waals surface area (Å²) in [6, 6.07) is 12.5. The van der Waals surface area contributed by atoms with Crippen LogP contribution >= 0.6 is 0 Å². The number of hydrogen-bond acceptors (Lipinski definition) is 3. The smallest absolute Gasteiger partial charge is 0.278 e. The summed E-state index contributed by atoms with van der Waals surface area (Å²) in [5.74, 6) is -1.38. The van der Waals surface area contributed by atoms with Crippen LogP contribution in [0.5, 0.6) is 0 Å². The number of anilines is 1. The van der Waals surface area contributed by atoms with Gasteiger partial charge >= 0.3 is 0 Å². The number of benzene rings is 2. The van der Waals surface area contributed by atoms with E-state index in [4.69, 9.17) is 0 Å². The number of hydrogen-bond donors (Lipinski definition) is 2. The first-order valence-corrected chi connectivity index (χ1v) is 8.04. The molecule has 132 valence electrons. The van der Waals surface area contributed by atoms with Gasteiger partial charge in [0, 0.05) is 24.0 Å². The Morgan fingerprint density at radius 3 is 2.50 bits per heavy atom. The number of aromatic nitrogens is 2. The number of nitrogens with zero attached hydrogens (tertiary/aromatic N) is 2. The fraction of sp³-hybridized carbons (Fsp3) is 0.158. The molecule has 0 saturated carbocycles. The highest BCUT2D eigenvalue weighted by atomic mass is 19.1. The van der Waals surface area contributed by atoms with E-state index in [0.29, 0.717) is 11.4 Å². The molecular formula is C19H16FN3O3. The largest absolute Gasteiger partial charge is 0.371 e. The van der Waals surface area contributed by atoms with Crippen molar-refractivity contribution >= 4 is 11.6 Å². The maximum Gasteiger partial charge on any atom is 0.278 e. The summed E-state index contributed by atoms with van der Waals surface area (Å²) in [7, 11) is 1.66. The SMILES string of the molecule is Cc1c([C@@]2(O)C(=O)Nc3ccc(F)cc32)c(=O)n(-c2ccccc2)n1C.